The second-order valence-electron chi connectivity index (χ2n) is 7.13. The highest BCUT2D eigenvalue weighted by molar-refractivity contribution is 5.44. The molecule has 1 atom stereocenters. The van der Waals surface area contributed by atoms with Crippen LogP contribution in [0.1, 0.15) is 30.5 Å². The Morgan fingerprint density at radius 1 is 1.13 bits per heavy atom. The monoisotopic (exact) mass is 317 g/mol. The Bertz CT molecular complexity index is 538. The van der Waals surface area contributed by atoms with Crippen molar-refractivity contribution in [1.29, 1.82) is 0 Å². The number of ether oxygens (including phenoxy) is 1. The summed E-state index contributed by atoms with van der Waals surface area (Å²) in [5.74, 6) is 1.06. The third-order valence-corrected chi connectivity index (χ3v) is 5.51. The highest BCUT2D eigenvalue weighted by Gasteiger charge is 2.24. The second kappa shape index (κ2) is 7.20. The van der Waals surface area contributed by atoms with Gasteiger partial charge in [0.25, 0.3) is 0 Å². The molecule has 3 rings (SSSR count). The Balaban J connectivity index is 1.79. The van der Waals surface area contributed by atoms with E-state index in [2.05, 4.69) is 47.7 Å². The molecule has 1 unspecified atom stereocenters. The number of fused-ring (bicyclic) bond motifs is 1. The van der Waals surface area contributed by atoms with E-state index in [4.69, 9.17) is 4.74 Å². The molecule has 0 amide bonds. The maximum Gasteiger partial charge on any atom is 0.123 e. The summed E-state index contributed by atoms with van der Waals surface area (Å²) in [4.78, 5) is 7.50. The Morgan fingerprint density at radius 2 is 1.87 bits per heavy atom. The lowest BCUT2D eigenvalue weighted by molar-refractivity contribution is 0.147. The average molecular weight is 317 g/mol. The average Bonchev–Trinajstić information content (AvgIpc) is 2.56. The molecule has 1 fully saturated rings. The summed E-state index contributed by atoms with van der Waals surface area (Å²) in [6.45, 7) is 12.4. The highest BCUT2D eigenvalue weighted by atomic mass is 16.5. The summed E-state index contributed by atoms with van der Waals surface area (Å²) in [5, 5.41) is 0. The van der Waals surface area contributed by atoms with Gasteiger partial charge >= 0.3 is 0 Å². The summed E-state index contributed by atoms with van der Waals surface area (Å²) in [7, 11) is 4.01. The topological polar surface area (TPSA) is 19.0 Å². The number of rotatable bonds is 4. The third kappa shape index (κ3) is 3.70. The van der Waals surface area contributed by atoms with Crippen LogP contribution in [0, 0.1) is 0 Å². The molecule has 0 saturated carbocycles. The summed E-state index contributed by atoms with van der Waals surface area (Å²) in [5.41, 5.74) is 4.32. The Morgan fingerprint density at radius 3 is 2.52 bits per heavy atom. The Hall–Kier alpha value is -1.10. The molecular weight excluding hydrogens is 286 g/mol. The molecule has 1 aromatic rings. The fraction of sp³-hybridized carbons (Fsp3) is 0.684. The van der Waals surface area contributed by atoms with Gasteiger partial charge in [-0.15, -0.1) is 0 Å². The van der Waals surface area contributed by atoms with Gasteiger partial charge in [0.05, 0.1) is 7.11 Å². The maximum atomic E-state index is 5.71. The van der Waals surface area contributed by atoms with Crippen molar-refractivity contribution in [2.75, 3.05) is 46.9 Å². The van der Waals surface area contributed by atoms with Gasteiger partial charge in [0.1, 0.15) is 5.75 Å². The number of piperazine rings is 1. The molecule has 2 aliphatic rings. The van der Waals surface area contributed by atoms with Crippen LogP contribution < -0.4 is 4.74 Å². The smallest absolute Gasteiger partial charge is 0.123 e. The molecule has 4 nitrogen and oxygen atoms in total. The van der Waals surface area contributed by atoms with E-state index in [-0.39, 0.29) is 0 Å². The fourth-order valence-corrected chi connectivity index (χ4v) is 3.86. The number of nitrogens with zero attached hydrogens (tertiary/aromatic N) is 3. The van der Waals surface area contributed by atoms with Crippen LogP contribution in [0.25, 0.3) is 0 Å². The summed E-state index contributed by atoms with van der Waals surface area (Å²) in [6, 6.07) is 5.34. The van der Waals surface area contributed by atoms with Crippen molar-refractivity contribution >= 4 is 0 Å². The first kappa shape index (κ1) is 16.7. The fourth-order valence-electron chi connectivity index (χ4n) is 3.86. The highest BCUT2D eigenvalue weighted by Crippen LogP contribution is 2.31. The third-order valence-electron chi connectivity index (χ3n) is 5.51. The molecule has 0 bridgehead atoms. The van der Waals surface area contributed by atoms with Crippen LogP contribution in [0.3, 0.4) is 0 Å². The van der Waals surface area contributed by atoms with Crippen molar-refractivity contribution in [2.24, 2.45) is 0 Å². The Kier molecular flexibility index (Phi) is 5.24. The lowest BCUT2D eigenvalue weighted by Gasteiger charge is -2.35. The van der Waals surface area contributed by atoms with E-state index < -0.39 is 0 Å². The molecule has 0 N–H and O–H groups in total. The van der Waals surface area contributed by atoms with Crippen molar-refractivity contribution in [3.05, 3.63) is 28.8 Å². The Labute approximate surface area is 141 Å². The van der Waals surface area contributed by atoms with Crippen molar-refractivity contribution in [3.63, 3.8) is 0 Å². The van der Waals surface area contributed by atoms with Crippen LogP contribution in [0.5, 0.6) is 5.75 Å². The number of methoxy groups -OCH3 is 1. The van der Waals surface area contributed by atoms with Crippen LogP contribution in [0.15, 0.2) is 12.1 Å². The van der Waals surface area contributed by atoms with Gasteiger partial charge < -0.3 is 9.64 Å². The van der Waals surface area contributed by atoms with Crippen LogP contribution in [-0.2, 0) is 19.5 Å². The first-order valence-corrected chi connectivity index (χ1v) is 8.94. The van der Waals surface area contributed by atoms with Gasteiger partial charge in [0, 0.05) is 50.9 Å². The normalized spacial score (nSPS) is 23.7. The van der Waals surface area contributed by atoms with Crippen LogP contribution in [0.4, 0.5) is 0 Å². The van der Waals surface area contributed by atoms with Gasteiger partial charge in [-0.1, -0.05) is 13.0 Å². The zero-order valence-corrected chi connectivity index (χ0v) is 15.1. The van der Waals surface area contributed by atoms with Gasteiger partial charge in [-0.2, -0.15) is 0 Å². The lowest BCUT2D eigenvalue weighted by Crippen LogP contribution is -2.44. The molecule has 0 radical (unpaired) electrons. The molecule has 2 heterocycles. The van der Waals surface area contributed by atoms with Gasteiger partial charge in [0.2, 0.25) is 0 Å². The lowest BCUT2D eigenvalue weighted by atomic mass is 9.92. The molecule has 4 heteroatoms. The van der Waals surface area contributed by atoms with Crippen molar-refractivity contribution in [1.82, 2.24) is 14.7 Å². The standard InChI is InChI=1S/C19H31N3O/c1-5-22-14-17-12-19(23-4)18(11-16(17)10-15(22)2)13-21-8-6-20(3)7-9-21/h11-12,15H,5-10,13-14H2,1-4H3. The number of benzene rings is 1. The molecule has 23 heavy (non-hydrogen) atoms. The predicted molar refractivity (Wildman–Crippen MR) is 95.0 cm³/mol. The van der Waals surface area contributed by atoms with Crippen molar-refractivity contribution in [2.45, 2.75) is 39.4 Å². The second-order valence-corrected chi connectivity index (χ2v) is 7.13. The minimum atomic E-state index is 0.636. The van der Waals surface area contributed by atoms with E-state index in [9.17, 15) is 0 Å². The molecule has 0 aromatic heterocycles. The van der Waals surface area contributed by atoms with E-state index in [0.717, 1.165) is 58.0 Å². The van der Waals surface area contributed by atoms with E-state index in [1.807, 2.05) is 0 Å². The predicted octanol–water partition coefficient (Wildman–Crippen LogP) is 2.21. The van der Waals surface area contributed by atoms with Gasteiger partial charge in [-0.3, -0.25) is 9.80 Å². The largest absolute Gasteiger partial charge is 0.496 e. The summed E-state index contributed by atoms with van der Waals surface area (Å²) >= 11 is 0. The van der Waals surface area contributed by atoms with E-state index in [1.54, 1.807) is 7.11 Å². The molecule has 0 spiro atoms. The summed E-state index contributed by atoms with van der Waals surface area (Å²) < 4.78 is 5.71. The quantitative estimate of drug-likeness (QED) is 0.847. The van der Waals surface area contributed by atoms with Crippen LogP contribution in [0.2, 0.25) is 0 Å². The molecular formula is C19H31N3O. The number of hydrogen-bond acceptors (Lipinski definition) is 4. The van der Waals surface area contributed by atoms with Crippen molar-refractivity contribution < 1.29 is 4.74 Å². The van der Waals surface area contributed by atoms with E-state index >= 15 is 0 Å². The molecule has 0 aliphatic carbocycles. The zero-order valence-electron chi connectivity index (χ0n) is 15.1. The van der Waals surface area contributed by atoms with Gasteiger partial charge in [-0.05, 0) is 44.1 Å². The van der Waals surface area contributed by atoms with Crippen LogP contribution in [-0.4, -0.2) is 67.6 Å². The van der Waals surface area contributed by atoms with Gasteiger partial charge in [-0.25, -0.2) is 0 Å². The zero-order chi connectivity index (χ0) is 16.4. The van der Waals surface area contributed by atoms with Crippen molar-refractivity contribution in [3.8, 4) is 5.75 Å². The molecule has 2 aliphatic heterocycles. The van der Waals surface area contributed by atoms with Crippen LogP contribution >= 0.6 is 0 Å². The first-order valence-electron chi connectivity index (χ1n) is 8.94. The van der Waals surface area contributed by atoms with E-state index in [0.29, 0.717) is 6.04 Å². The number of hydrogen-bond donors (Lipinski definition) is 0. The minimum absolute atomic E-state index is 0.636. The van der Waals surface area contributed by atoms with Gasteiger partial charge in [0.15, 0.2) is 0 Å². The maximum absolute atomic E-state index is 5.71. The molecule has 1 aromatic carbocycles. The molecule has 1 saturated heterocycles. The van der Waals surface area contributed by atoms with E-state index in [1.165, 1.54) is 16.7 Å². The first-order chi connectivity index (χ1) is 11.1. The summed E-state index contributed by atoms with van der Waals surface area (Å²) in [6.07, 6.45) is 1.16. The SMILES string of the molecule is CCN1Cc2cc(OC)c(CN3CCN(C)CC3)cc2CC1C. The molecule has 128 valence electrons. The number of likely N-dealkylation sites (N-methyl/N-ethyl adjacent to an activating group) is 2. The minimum Gasteiger partial charge on any atom is -0.496 e.